The molecule has 2 amide bonds. The number of pyridine rings is 1. The van der Waals surface area contributed by atoms with Gasteiger partial charge in [0.2, 0.25) is 5.88 Å². The molecule has 7 nitrogen and oxygen atoms in total. The molecule has 1 aliphatic rings. The van der Waals surface area contributed by atoms with Crippen molar-refractivity contribution in [3.63, 3.8) is 0 Å². The summed E-state index contributed by atoms with van der Waals surface area (Å²) in [5.74, 6) is 0.726. The number of carbonyl (C=O) groups is 2. The smallest absolute Gasteiger partial charge is 0.407 e. The molecule has 1 aromatic carbocycles. The van der Waals surface area contributed by atoms with Crippen molar-refractivity contribution in [3.8, 4) is 11.6 Å². The average Bonchev–Trinajstić information content (AvgIpc) is 2.69. The van der Waals surface area contributed by atoms with Gasteiger partial charge in [0.1, 0.15) is 11.3 Å². The molecule has 0 saturated carbocycles. The van der Waals surface area contributed by atoms with Gasteiger partial charge < -0.3 is 19.7 Å². The van der Waals surface area contributed by atoms with Crippen LogP contribution in [0.3, 0.4) is 0 Å². The quantitative estimate of drug-likeness (QED) is 0.875. The van der Waals surface area contributed by atoms with E-state index in [1.165, 1.54) is 0 Å². The topological polar surface area (TPSA) is 80.8 Å². The van der Waals surface area contributed by atoms with Gasteiger partial charge in [-0.05, 0) is 44.0 Å². The molecule has 27 heavy (non-hydrogen) atoms. The Morgan fingerprint density at radius 1 is 1.22 bits per heavy atom. The molecular formula is C20H23N3O4. The summed E-state index contributed by atoms with van der Waals surface area (Å²) in [6.07, 6.45) is 2.75. The van der Waals surface area contributed by atoms with Crippen LogP contribution in [0.5, 0.6) is 11.6 Å². The highest BCUT2D eigenvalue weighted by molar-refractivity contribution is 5.96. The van der Waals surface area contributed by atoms with Crippen LogP contribution in [0, 0.1) is 0 Å². The number of rotatable bonds is 5. The number of likely N-dealkylation sites (tertiary alicyclic amines) is 1. The first kappa shape index (κ1) is 18.7. The van der Waals surface area contributed by atoms with Crippen LogP contribution in [-0.4, -0.2) is 47.6 Å². The molecule has 0 radical (unpaired) electrons. The maximum absolute atomic E-state index is 13.0. The fourth-order valence-electron chi connectivity index (χ4n) is 3.02. The molecular weight excluding hydrogens is 346 g/mol. The van der Waals surface area contributed by atoms with E-state index in [0.29, 0.717) is 31.0 Å². The molecule has 1 aromatic heterocycles. The molecule has 3 rings (SSSR count). The van der Waals surface area contributed by atoms with E-state index in [4.69, 9.17) is 9.47 Å². The van der Waals surface area contributed by atoms with Crippen molar-refractivity contribution in [2.24, 2.45) is 0 Å². The lowest BCUT2D eigenvalue weighted by atomic mass is 10.0. The third-order valence-corrected chi connectivity index (χ3v) is 4.27. The first-order valence-electron chi connectivity index (χ1n) is 9.08. The monoisotopic (exact) mass is 369 g/mol. The third kappa shape index (κ3) is 4.97. The van der Waals surface area contributed by atoms with Crippen LogP contribution in [0.2, 0.25) is 0 Å². The number of piperidine rings is 1. The predicted molar refractivity (Wildman–Crippen MR) is 99.8 cm³/mol. The van der Waals surface area contributed by atoms with E-state index in [9.17, 15) is 9.59 Å². The molecule has 1 N–H and O–H groups in total. The Hall–Kier alpha value is -3.09. The Balaban J connectivity index is 1.71. The number of aromatic nitrogens is 1. The number of nitrogens with zero attached hydrogens (tertiary/aromatic N) is 2. The Labute approximate surface area is 158 Å². The van der Waals surface area contributed by atoms with Crippen LogP contribution in [-0.2, 0) is 4.74 Å². The van der Waals surface area contributed by atoms with Gasteiger partial charge in [0.15, 0.2) is 0 Å². The van der Waals surface area contributed by atoms with Crippen LogP contribution >= 0.6 is 0 Å². The average molecular weight is 369 g/mol. The van der Waals surface area contributed by atoms with Gasteiger partial charge in [-0.25, -0.2) is 9.78 Å². The largest absolute Gasteiger partial charge is 0.450 e. The standard InChI is InChI=1S/C20H23N3O4/c1-2-26-20(25)22-15-8-7-13-23(14-15)19(24)17-11-6-12-21-18(17)27-16-9-4-3-5-10-16/h3-6,9-12,15H,2,7-8,13-14H2,1H3,(H,22,25). The first-order chi connectivity index (χ1) is 13.2. The zero-order valence-corrected chi connectivity index (χ0v) is 15.3. The van der Waals surface area contributed by atoms with Crippen LogP contribution < -0.4 is 10.1 Å². The summed E-state index contributed by atoms with van der Waals surface area (Å²) in [6, 6.07) is 12.5. The van der Waals surface area contributed by atoms with Crippen molar-refractivity contribution in [2.45, 2.75) is 25.8 Å². The molecule has 1 saturated heterocycles. The second-order valence-corrected chi connectivity index (χ2v) is 6.23. The number of carbonyl (C=O) groups excluding carboxylic acids is 2. The predicted octanol–water partition coefficient (Wildman–Crippen LogP) is 3.22. The molecule has 7 heteroatoms. The van der Waals surface area contributed by atoms with Gasteiger partial charge in [0.25, 0.3) is 5.91 Å². The minimum absolute atomic E-state index is 0.128. The third-order valence-electron chi connectivity index (χ3n) is 4.27. The zero-order chi connectivity index (χ0) is 19.1. The van der Waals surface area contributed by atoms with Crippen LogP contribution in [0.15, 0.2) is 48.7 Å². The molecule has 0 aliphatic carbocycles. The number of para-hydroxylation sites is 1. The number of benzene rings is 1. The molecule has 142 valence electrons. The van der Waals surface area contributed by atoms with Crippen LogP contribution in [0.4, 0.5) is 4.79 Å². The summed E-state index contributed by atoms with van der Waals surface area (Å²) in [6.45, 7) is 3.13. The zero-order valence-electron chi connectivity index (χ0n) is 15.3. The van der Waals surface area contributed by atoms with E-state index in [2.05, 4.69) is 10.3 Å². The second kappa shape index (κ2) is 9.02. The van der Waals surface area contributed by atoms with E-state index in [1.807, 2.05) is 30.3 Å². The van der Waals surface area contributed by atoms with Gasteiger partial charge in [-0.2, -0.15) is 0 Å². The fourth-order valence-corrected chi connectivity index (χ4v) is 3.02. The molecule has 2 heterocycles. The fraction of sp³-hybridized carbons (Fsp3) is 0.350. The summed E-state index contributed by atoms with van der Waals surface area (Å²) in [7, 11) is 0. The van der Waals surface area contributed by atoms with Crippen molar-refractivity contribution in [1.29, 1.82) is 0 Å². The highest BCUT2D eigenvalue weighted by Gasteiger charge is 2.27. The lowest BCUT2D eigenvalue weighted by Crippen LogP contribution is -2.49. The second-order valence-electron chi connectivity index (χ2n) is 6.23. The molecule has 0 spiro atoms. The van der Waals surface area contributed by atoms with E-state index < -0.39 is 6.09 Å². The molecule has 1 fully saturated rings. The highest BCUT2D eigenvalue weighted by Crippen LogP contribution is 2.24. The van der Waals surface area contributed by atoms with E-state index in [1.54, 1.807) is 30.2 Å². The Kier molecular flexibility index (Phi) is 6.25. The van der Waals surface area contributed by atoms with Gasteiger partial charge in [-0.3, -0.25) is 4.79 Å². The number of ether oxygens (including phenoxy) is 2. The SMILES string of the molecule is CCOC(=O)NC1CCCN(C(=O)c2cccnc2Oc2ccccc2)C1. The minimum Gasteiger partial charge on any atom is -0.450 e. The number of amides is 2. The summed E-state index contributed by atoms with van der Waals surface area (Å²) < 4.78 is 10.7. The Bertz CT molecular complexity index is 782. The molecule has 1 aliphatic heterocycles. The summed E-state index contributed by atoms with van der Waals surface area (Å²) in [5, 5.41) is 2.81. The summed E-state index contributed by atoms with van der Waals surface area (Å²) >= 11 is 0. The molecule has 2 aromatic rings. The van der Waals surface area contributed by atoms with Crippen molar-refractivity contribution < 1.29 is 19.1 Å². The maximum atomic E-state index is 13.0. The number of hydrogen-bond donors (Lipinski definition) is 1. The normalized spacial score (nSPS) is 16.5. The van der Waals surface area contributed by atoms with Crippen LogP contribution in [0.1, 0.15) is 30.1 Å². The van der Waals surface area contributed by atoms with Gasteiger partial charge in [0, 0.05) is 25.3 Å². The number of nitrogens with one attached hydrogen (secondary N) is 1. The van der Waals surface area contributed by atoms with Gasteiger partial charge in [-0.15, -0.1) is 0 Å². The van der Waals surface area contributed by atoms with E-state index in [0.717, 1.165) is 12.8 Å². The summed E-state index contributed by atoms with van der Waals surface area (Å²) in [5.41, 5.74) is 0.401. The van der Waals surface area contributed by atoms with Crippen molar-refractivity contribution >= 4 is 12.0 Å². The van der Waals surface area contributed by atoms with E-state index in [-0.39, 0.29) is 17.8 Å². The van der Waals surface area contributed by atoms with Crippen molar-refractivity contribution in [2.75, 3.05) is 19.7 Å². The lowest BCUT2D eigenvalue weighted by Gasteiger charge is -2.33. The van der Waals surface area contributed by atoms with Gasteiger partial charge in [0.05, 0.1) is 6.61 Å². The summed E-state index contributed by atoms with van der Waals surface area (Å²) in [4.78, 5) is 30.6. The molecule has 1 unspecified atom stereocenters. The van der Waals surface area contributed by atoms with Crippen LogP contribution in [0.25, 0.3) is 0 Å². The number of hydrogen-bond acceptors (Lipinski definition) is 5. The van der Waals surface area contributed by atoms with Crippen molar-refractivity contribution in [1.82, 2.24) is 15.2 Å². The molecule has 0 bridgehead atoms. The van der Waals surface area contributed by atoms with E-state index >= 15 is 0 Å². The van der Waals surface area contributed by atoms with Gasteiger partial charge in [-0.1, -0.05) is 18.2 Å². The lowest BCUT2D eigenvalue weighted by molar-refractivity contribution is 0.0683. The molecule has 1 atom stereocenters. The van der Waals surface area contributed by atoms with Gasteiger partial charge >= 0.3 is 6.09 Å². The maximum Gasteiger partial charge on any atom is 0.407 e. The highest BCUT2D eigenvalue weighted by atomic mass is 16.5. The van der Waals surface area contributed by atoms with Crippen molar-refractivity contribution in [3.05, 3.63) is 54.2 Å². The Morgan fingerprint density at radius 3 is 2.81 bits per heavy atom. The Morgan fingerprint density at radius 2 is 2.04 bits per heavy atom. The minimum atomic E-state index is -0.453. The number of alkyl carbamates (subject to hydrolysis) is 1. The first-order valence-corrected chi connectivity index (χ1v) is 9.08.